The summed E-state index contributed by atoms with van der Waals surface area (Å²) in [5, 5.41) is 7.17. The van der Waals surface area contributed by atoms with Crippen LogP contribution in [-0.2, 0) is 0 Å². The topological polar surface area (TPSA) is 23.0 Å². The maximum atomic E-state index is 6.46. The maximum Gasteiger partial charge on any atom is 0.135 e. The van der Waals surface area contributed by atoms with Crippen LogP contribution in [0.4, 0.5) is 0 Å². The average Bonchev–Trinajstić information content (AvgIpc) is 3.85. The Morgan fingerprint density at radius 3 is 1.16 bits per heavy atom. The Bertz CT molecular complexity index is 2910. The number of aromatic nitrogens is 2. The minimum atomic E-state index is 0.882. The highest BCUT2D eigenvalue weighted by molar-refractivity contribution is 6.13. The van der Waals surface area contributed by atoms with Gasteiger partial charge in [0.15, 0.2) is 0 Å². The Kier molecular flexibility index (Phi) is 5.96. The van der Waals surface area contributed by atoms with Gasteiger partial charge in [0.05, 0.1) is 22.1 Å². The van der Waals surface area contributed by atoms with Crippen molar-refractivity contribution in [2.45, 2.75) is 0 Å². The van der Waals surface area contributed by atoms with Crippen molar-refractivity contribution in [2.75, 3.05) is 0 Å². The molecule has 0 unspecified atom stereocenters. The maximum absolute atomic E-state index is 6.46. The zero-order valence-corrected chi connectivity index (χ0v) is 27.6. The van der Waals surface area contributed by atoms with Crippen molar-refractivity contribution < 1.29 is 4.42 Å². The second kappa shape index (κ2) is 10.8. The van der Waals surface area contributed by atoms with E-state index in [9.17, 15) is 0 Å². The van der Waals surface area contributed by atoms with Crippen LogP contribution in [0.25, 0.3) is 99.2 Å². The molecule has 3 aromatic heterocycles. The molecule has 0 aliphatic carbocycles. The molecule has 0 spiro atoms. The van der Waals surface area contributed by atoms with Gasteiger partial charge in [-0.05, 0) is 95.1 Å². The number of para-hydroxylation sites is 2. The van der Waals surface area contributed by atoms with Gasteiger partial charge in [0.25, 0.3) is 0 Å². The van der Waals surface area contributed by atoms with Crippen LogP contribution < -0.4 is 0 Å². The summed E-state index contributed by atoms with van der Waals surface area (Å²) in [5.41, 5.74) is 13.6. The van der Waals surface area contributed by atoms with Crippen LogP contribution in [0.5, 0.6) is 0 Å². The molecule has 0 N–H and O–H groups in total. The van der Waals surface area contributed by atoms with Gasteiger partial charge in [0.2, 0.25) is 0 Å². The largest absolute Gasteiger partial charge is 0.456 e. The molecule has 0 bridgehead atoms. The predicted molar refractivity (Wildman–Crippen MR) is 213 cm³/mol. The Hall–Kier alpha value is -6.84. The zero-order chi connectivity index (χ0) is 33.5. The summed E-state index contributed by atoms with van der Waals surface area (Å²) >= 11 is 0. The third kappa shape index (κ3) is 4.25. The molecular formula is C48H30N2O. The Balaban J connectivity index is 1.10. The van der Waals surface area contributed by atoms with Crippen LogP contribution in [0.1, 0.15) is 0 Å². The van der Waals surface area contributed by atoms with Gasteiger partial charge in [-0.1, -0.05) is 109 Å². The smallest absolute Gasteiger partial charge is 0.135 e. The first-order chi connectivity index (χ1) is 25.3. The van der Waals surface area contributed by atoms with Gasteiger partial charge in [-0.3, -0.25) is 0 Å². The van der Waals surface area contributed by atoms with E-state index in [1.165, 1.54) is 65.9 Å². The summed E-state index contributed by atoms with van der Waals surface area (Å²) < 4.78 is 11.2. The SMILES string of the molecule is c1ccc(-c2ccc3c(c2)c2ccccc2n3-c2ccc3oc4ccc(-n5c6ccccc6c6cc(-c7ccccc7)ccc65)cc4c3c2)cc1. The minimum absolute atomic E-state index is 0.882. The van der Waals surface area contributed by atoms with E-state index in [1.807, 2.05) is 0 Å². The number of hydrogen-bond donors (Lipinski definition) is 0. The predicted octanol–water partition coefficient (Wildman–Crippen LogP) is 13.1. The van der Waals surface area contributed by atoms with E-state index in [0.29, 0.717) is 0 Å². The summed E-state index contributed by atoms with van der Waals surface area (Å²) in [7, 11) is 0. The molecule has 0 saturated heterocycles. The molecule has 11 aromatic rings. The lowest BCUT2D eigenvalue weighted by molar-refractivity contribution is 0.669. The van der Waals surface area contributed by atoms with Gasteiger partial charge in [-0.25, -0.2) is 0 Å². The molecule has 0 saturated carbocycles. The molecule has 0 radical (unpaired) electrons. The fourth-order valence-corrected chi connectivity index (χ4v) is 8.15. The second-order valence-electron chi connectivity index (χ2n) is 13.4. The van der Waals surface area contributed by atoms with Gasteiger partial charge in [0, 0.05) is 43.7 Å². The number of fused-ring (bicyclic) bond motifs is 9. The molecule has 11 rings (SSSR count). The van der Waals surface area contributed by atoms with E-state index in [-0.39, 0.29) is 0 Å². The van der Waals surface area contributed by atoms with Crippen molar-refractivity contribution in [1.29, 1.82) is 0 Å². The van der Waals surface area contributed by atoms with Gasteiger partial charge >= 0.3 is 0 Å². The molecule has 0 amide bonds. The molecule has 0 aliphatic heterocycles. The number of furan rings is 1. The van der Waals surface area contributed by atoms with E-state index in [2.05, 4.69) is 191 Å². The van der Waals surface area contributed by atoms with Crippen molar-refractivity contribution >= 4 is 65.6 Å². The standard InChI is InChI=1S/C48H30N2O/c1-3-11-31(12-4-1)33-19-23-45-39(27-33)37-15-7-9-17-43(37)49(45)35-21-25-47-41(29-35)42-30-36(22-26-48(42)51-47)50-44-18-10-8-16-38(44)40-28-34(20-24-46(40)50)32-13-5-2-6-14-32/h1-30H. The Labute approximate surface area is 293 Å². The van der Waals surface area contributed by atoms with Crippen molar-refractivity contribution in [2.24, 2.45) is 0 Å². The first-order valence-corrected chi connectivity index (χ1v) is 17.4. The summed E-state index contributed by atoms with van der Waals surface area (Å²) in [5.74, 6) is 0. The van der Waals surface area contributed by atoms with E-state index >= 15 is 0 Å². The van der Waals surface area contributed by atoms with Crippen molar-refractivity contribution in [3.05, 3.63) is 182 Å². The molecule has 0 fully saturated rings. The normalized spacial score (nSPS) is 11.9. The second-order valence-corrected chi connectivity index (χ2v) is 13.4. The van der Waals surface area contributed by atoms with Crippen LogP contribution in [0.15, 0.2) is 186 Å². The zero-order valence-electron chi connectivity index (χ0n) is 27.6. The molecule has 0 atom stereocenters. The molecule has 0 aliphatic rings. The van der Waals surface area contributed by atoms with Gasteiger partial charge < -0.3 is 13.6 Å². The third-order valence-electron chi connectivity index (χ3n) is 10.5. The van der Waals surface area contributed by atoms with Crippen LogP contribution in [0.2, 0.25) is 0 Å². The van der Waals surface area contributed by atoms with E-state index in [1.54, 1.807) is 0 Å². The molecular weight excluding hydrogens is 621 g/mol. The summed E-state index contributed by atoms with van der Waals surface area (Å²) in [6.45, 7) is 0. The summed E-state index contributed by atoms with van der Waals surface area (Å²) in [6.07, 6.45) is 0. The molecule has 3 nitrogen and oxygen atoms in total. The van der Waals surface area contributed by atoms with Crippen molar-refractivity contribution in [3.8, 4) is 33.6 Å². The summed E-state index contributed by atoms with van der Waals surface area (Å²) in [6, 6.07) is 65.5. The Morgan fingerprint density at radius 1 is 0.275 bits per heavy atom. The fraction of sp³-hybridized carbons (Fsp3) is 0. The van der Waals surface area contributed by atoms with Gasteiger partial charge in [-0.2, -0.15) is 0 Å². The van der Waals surface area contributed by atoms with Gasteiger partial charge in [-0.15, -0.1) is 0 Å². The quantitative estimate of drug-likeness (QED) is 0.186. The highest BCUT2D eigenvalue weighted by Crippen LogP contribution is 2.39. The number of rotatable bonds is 4. The van der Waals surface area contributed by atoms with Gasteiger partial charge in [0.1, 0.15) is 11.2 Å². The van der Waals surface area contributed by atoms with Crippen LogP contribution in [0.3, 0.4) is 0 Å². The molecule has 3 heterocycles. The first-order valence-electron chi connectivity index (χ1n) is 17.4. The van der Waals surface area contributed by atoms with Crippen molar-refractivity contribution in [3.63, 3.8) is 0 Å². The average molecular weight is 651 g/mol. The lowest BCUT2D eigenvalue weighted by atomic mass is 10.0. The lowest BCUT2D eigenvalue weighted by Crippen LogP contribution is -1.94. The summed E-state index contributed by atoms with van der Waals surface area (Å²) in [4.78, 5) is 0. The van der Waals surface area contributed by atoms with Crippen LogP contribution in [-0.4, -0.2) is 9.13 Å². The number of nitrogens with zero attached hydrogens (tertiary/aromatic N) is 2. The highest BCUT2D eigenvalue weighted by atomic mass is 16.3. The van der Waals surface area contributed by atoms with Crippen LogP contribution >= 0.6 is 0 Å². The Morgan fingerprint density at radius 2 is 0.686 bits per heavy atom. The van der Waals surface area contributed by atoms with E-state index < -0.39 is 0 Å². The lowest BCUT2D eigenvalue weighted by Gasteiger charge is -2.10. The molecule has 8 aromatic carbocycles. The van der Waals surface area contributed by atoms with E-state index in [0.717, 1.165) is 33.3 Å². The van der Waals surface area contributed by atoms with Crippen LogP contribution in [0, 0.1) is 0 Å². The molecule has 3 heteroatoms. The third-order valence-corrected chi connectivity index (χ3v) is 10.5. The number of hydrogen-bond acceptors (Lipinski definition) is 1. The monoisotopic (exact) mass is 650 g/mol. The van der Waals surface area contributed by atoms with E-state index in [4.69, 9.17) is 4.42 Å². The highest BCUT2D eigenvalue weighted by Gasteiger charge is 2.18. The number of benzene rings is 8. The molecule has 51 heavy (non-hydrogen) atoms. The molecule has 238 valence electrons. The van der Waals surface area contributed by atoms with Crippen molar-refractivity contribution in [1.82, 2.24) is 9.13 Å². The first kappa shape index (κ1) is 28.0. The fourth-order valence-electron chi connectivity index (χ4n) is 8.15. The minimum Gasteiger partial charge on any atom is -0.456 e.